The minimum atomic E-state index is -4.38. The van der Waals surface area contributed by atoms with Crippen molar-refractivity contribution in [2.75, 3.05) is 62.3 Å². The molecule has 10 heteroatoms. The summed E-state index contributed by atoms with van der Waals surface area (Å²) in [6.45, 7) is 4.24. The Morgan fingerprint density at radius 3 is 2.38 bits per heavy atom. The summed E-state index contributed by atoms with van der Waals surface area (Å²) in [6.07, 6.45) is -4.38. The van der Waals surface area contributed by atoms with E-state index in [0.717, 1.165) is 12.1 Å². The van der Waals surface area contributed by atoms with E-state index in [-0.39, 0.29) is 11.6 Å². The standard InChI is InChI=1S/C19H21F3N4O3/c20-19(21,22)14-2-1-3-15(12-14)24-4-6-26(7-5-24)18(27)16-13-17(29-23-16)25-8-10-28-11-9-25/h1-3,12-13H,4-11H2. The molecule has 0 spiro atoms. The number of hydrogen-bond donors (Lipinski definition) is 0. The molecule has 2 aliphatic rings. The Balaban J connectivity index is 1.37. The van der Waals surface area contributed by atoms with Crippen molar-refractivity contribution in [3.63, 3.8) is 0 Å². The van der Waals surface area contributed by atoms with Crippen LogP contribution in [0.25, 0.3) is 0 Å². The highest BCUT2D eigenvalue weighted by Crippen LogP contribution is 2.32. The summed E-state index contributed by atoms with van der Waals surface area (Å²) in [7, 11) is 0. The first-order valence-corrected chi connectivity index (χ1v) is 9.43. The van der Waals surface area contributed by atoms with Gasteiger partial charge in [0.05, 0.1) is 18.8 Å². The summed E-state index contributed by atoms with van der Waals surface area (Å²) in [5.74, 6) is 0.302. The van der Waals surface area contributed by atoms with Crippen LogP contribution in [0.4, 0.5) is 24.7 Å². The number of halogens is 3. The molecule has 156 valence electrons. The molecule has 29 heavy (non-hydrogen) atoms. The molecular formula is C19H21F3N4O3. The third-order valence-corrected chi connectivity index (χ3v) is 5.15. The molecule has 0 saturated carbocycles. The largest absolute Gasteiger partial charge is 0.416 e. The average Bonchev–Trinajstić information content (AvgIpc) is 3.24. The van der Waals surface area contributed by atoms with Crippen molar-refractivity contribution in [2.24, 2.45) is 0 Å². The molecule has 0 unspecified atom stereocenters. The van der Waals surface area contributed by atoms with Gasteiger partial charge in [-0.15, -0.1) is 0 Å². The maximum Gasteiger partial charge on any atom is 0.416 e. The number of carbonyl (C=O) groups excluding carboxylic acids is 1. The molecule has 0 bridgehead atoms. The molecule has 0 radical (unpaired) electrons. The zero-order valence-corrected chi connectivity index (χ0v) is 15.7. The van der Waals surface area contributed by atoms with Gasteiger partial charge < -0.3 is 24.0 Å². The van der Waals surface area contributed by atoms with Crippen molar-refractivity contribution in [1.29, 1.82) is 0 Å². The Hall–Kier alpha value is -2.75. The van der Waals surface area contributed by atoms with Crippen LogP contribution in [0.5, 0.6) is 0 Å². The minimum absolute atomic E-state index is 0.235. The molecule has 1 amide bonds. The SMILES string of the molecule is O=C(c1cc(N2CCOCC2)on1)N1CCN(c2cccc(C(F)(F)F)c2)CC1. The first-order valence-electron chi connectivity index (χ1n) is 9.43. The quantitative estimate of drug-likeness (QED) is 0.775. The van der Waals surface area contributed by atoms with Crippen LogP contribution in [0.3, 0.4) is 0 Å². The number of piperazine rings is 1. The second-order valence-corrected chi connectivity index (χ2v) is 6.98. The van der Waals surface area contributed by atoms with E-state index in [1.165, 1.54) is 6.07 Å². The van der Waals surface area contributed by atoms with Crippen LogP contribution in [-0.2, 0) is 10.9 Å². The lowest BCUT2D eigenvalue weighted by Crippen LogP contribution is -2.49. The summed E-state index contributed by atoms with van der Waals surface area (Å²) in [6, 6.07) is 6.88. The number of rotatable bonds is 3. The van der Waals surface area contributed by atoms with E-state index in [9.17, 15) is 18.0 Å². The van der Waals surface area contributed by atoms with E-state index in [1.54, 1.807) is 17.0 Å². The van der Waals surface area contributed by atoms with Crippen LogP contribution in [0.2, 0.25) is 0 Å². The number of ether oxygens (including phenoxy) is 1. The second-order valence-electron chi connectivity index (χ2n) is 6.98. The average molecular weight is 410 g/mol. The van der Waals surface area contributed by atoms with Crippen LogP contribution in [0.15, 0.2) is 34.9 Å². The van der Waals surface area contributed by atoms with Crippen molar-refractivity contribution < 1.29 is 27.2 Å². The van der Waals surface area contributed by atoms with Crippen molar-refractivity contribution >= 4 is 17.5 Å². The van der Waals surface area contributed by atoms with Crippen LogP contribution >= 0.6 is 0 Å². The number of benzene rings is 1. The van der Waals surface area contributed by atoms with Gasteiger partial charge in [-0.3, -0.25) is 4.79 Å². The lowest BCUT2D eigenvalue weighted by atomic mass is 10.1. The molecule has 0 aliphatic carbocycles. The van der Waals surface area contributed by atoms with E-state index in [4.69, 9.17) is 9.26 Å². The van der Waals surface area contributed by atoms with E-state index in [1.807, 2.05) is 9.80 Å². The summed E-state index contributed by atoms with van der Waals surface area (Å²) in [4.78, 5) is 18.2. The van der Waals surface area contributed by atoms with Gasteiger partial charge in [0.1, 0.15) is 0 Å². The third-order valence-electron chi connectivity index (χ3n) is 5.15. The van der Waals surface area contributed by atoms with Gasteiger partial charge >= 0.3 is 6.18 Å². The Morgan fingerprint density at radius 1 is 0.966 bits per heavy atom. The molecule has 0 atom stereocenters. The Bertz CT molecular complexity index is 856. The highest BCUT2D eigenvalue weighted by Gasteiger charge is 2.31. The fourth-order valence-corrected chi connectivity index (χ4v) is 3.51. The molecule has 0 N–H and O–H groups in total. The van der Waals surface area contributed by atoms with Crippen molar-refractivity contribution in [3.8, 4) is 0 Å². The summed E-state index contributed by atoms with van der Waals surface area (Å²) >= 11 is 0. The summed E-state index contributed by atoms with van der Waals surface area (Å²) in [5.41, 5.74) is 0.0636. The smallest absolute Gasteiger partial charge is 0.378 e. The summed E-state index contributed by atoms with van der Waals surface area (Å²) < 4.78 is 49.4. The van der Waals surface area contributed by atoms with Gasteiger partial charge in [0.25, 0.3) is 5.91 Å². The Labute approximate surface area is 165 Å². The van der Waals surface area contributed by atoms with E-state index < -0.39 is 11.7 Å². The van der Waals surface area contributed by atoms with Gasteiger partial charge in [0.2, 0.25) is 5.88 Å². The lowest BCUT2D eigenvalue weighted by Gasteiger charge is -2.36. The third kappa shape index (κ3) is 4.31. The highest BCUT2D eigenvalue weighted by atomic mass is 19.4. The molecule has 2 aliphatic heterocycles. The molecule has 7 nitrogen and oxygen atoms in total. The molecule has 1 aromatic carbocycles. The minimum Gasteiger partial charge on any atom is -0.378 e. The molecule has 1 aromatic heterocycles. The number of alkyl halides is 3. The molecular weight excluding hydrogens is 389 g/mol. The van der Waals surface area contributed by atoms with Crippen LogP contribution in [0, 0.1) is 0 Å². The molecule has 2 fully saturated rings. The number of anilines is 2. The predicted molar refractivity (Wildman–Crippen MR) is 99.1 cm³/mol. The predicted octanol–water partition coefficient (Wildman–Crippen LogP) is 2.49. The van der Waals surface area contributed by atoms with E-state index in [0.29, 0.717) is 64.1 Å². The van der Waals surface area contributed by atoms with Gasteiger partial charge in [-0.1, -0.05) is 11.2 Å². The summed E-state index contributed by atoms with van der Waals surface area (Å²) in [5, 5.41) is 3.90. The van der Waals surface area contributed by atoms with Crippen molar-refractivity contribution in [2.45, 2.75) is 6.18 Å². The van der Waals surface area contributed by atoms with E-state index in [2.05, 4.69) is 5.16 Å². The fraction of sp³-hybridized carbons (Fsp3) is 0.474. The van der Waals surface area contributed by atoms with Crippen LogP contribution < -0.4 is 9.80 Å². The number of carbonyl (C=O) groups is 1. The van der Waals surface area contributed by atoms with Gasteiger partial charge in [-0.25, -0.2) is 0 Å². The first kappa shape index (κ1) is 19.6. The zero-order valence-electron chi connectivity index (χ0n) is 15.7. The second kappa shape index (κ2) is 7.94. The highest BCUT2D eigenvalue weighted by molar-refractivity contribution is 5.93. The number of hydrogen-bond acceptors (Lipinski definition) is 6. The van der Waals surface area contributed by atoms with E-state index >= 15 is 0 Å². The van der Waals surface area contributed by atoms with Gasteiger partial charge in [0.15, 0.2) is 5.69 Å². The van der Waals surface area contributed by atoms with Gasteiger partial charge in [0, 0.05) is 51.0 Å². The number of aromatic nitrogens is 1. The first-order chi connectivity index (χ1) is 13.9. The Kier molecular flexibility index (Phi) is 5.35. The fourth-order valence-electron chi connectivity index (χ4n) is 3.51. The number of morpholine rings is 1. The Morgan fingerprint density at radius 2 is 1.69 bits per heavy atom. The maximum absolute atomic E-state index is 12.9. The lowest BCUT2D eigenvalue weighted by molar-refractivity contribution is -0.137. The van der Waals surface area contributed by atoms with Crippen LogP contribution in [0.1, 0.15) is 16.1 Å². The molecule has 2 aromatic rings. The molecule has 4 rings (SSSR count). The zero-order chi connectivity index (χ0) is 20.4. The maximum atomic E-state index is 12.9. The number of nitrogens with zero attached hydrogens (tertiary/aromatic N) is 4. The molecule has 2 saturated heterocycles. The van der Waals surface area contributed by atoms with Crippen LogP contribution in [-0.4, -0.2) is 68.4 Å². The number of amides is 1. The van der Waals surface area contributed by atoms with Gasteiger partial charge in [-0.05, 0) is 18.2 Å². The topological polar surface area (TPSA) is 62.1 Å². The van der Waals surface area contributed by atoms with Gasteiger partial charge in [-0.2, -0.15) is 13.2 Å². The molecule has 3 heterocycles. The monoisotopic (exact) mass is 410 g/mol. The van der Waals surface area contributed by atoms with Crippen molar-refractivity contribution in [1.82, 2.24) is 10.1 Å². The van der Waals surface area contributed by atoms with Crippen molar-refractivity contribution in [3.05, 3.63) is 41.6 Å². The normalized spacial score (nSPS) is 18.2.